The number of aromatic amines is 1. The summed E-state index contributed by atoms with van der Waals surface area (Å²) in [5.41, 5.74) is -0.0940. The molecular formula is C13H23N5O. The summed E-state index contributed by atoms with van der Waals surface area (Å²) in [6.45, 7) is 6.00. The standard InChI is InChI=1S/C13H23N5O/c1-4-11-15-12(7-13(19)16-11)14-8-10-9-17(2)5-6-18(10)3/h7,10H,4-6,8-9H2,1-3H3,(H2,14,15,16,19). The monoisotopic (exact) mass is 265 g/mol. The van der Waals surface area contributed by atoms with E-state index in [1.807, 2.05) is 6.92 Å². The van der Waals surface area contributed by atoms with Crippen LogP contribution in [0.4, 0.5) is 5.82 Å². The molecule has 0 spiro atoms. The highest BCUT2D eigenvalue weighted by molar-refractivity contribution is 5.33. The fourth-order valence-electron chi connectivity index (χ4n) is 2.31. The molecule has 1 aromatic heterocycles. The van der Waals surface area contributed by atoms with Crippen molar-refractivity contribution in [3.8, 4) is 0 Å². The molecule has 6 nitrogen and oxygen atoms in total. The van der Waals surface area contributed by atoms with Crippen molar-refractivity contribution >= 4 is 5.82 Å². The van der Waals surface area contributed by atoms with Gasteiger partial charge in [0.2, 0.25) is 0 Å². The maximum Gasteiger partial charge on any atom is 0.252 e. The average Bonchev–Trinajstić information content (AvgIpc) is 2.39. The number of aryl methyl sites for hydroxylation is 1. The third-order valence-electron chi connectivity index (χ3n) is 3.62. The molecule has 1 fully saturated rings. The van der Waals surface area contributed by atoms with Gasteiger partial charge < -0.3 is 15.2 Å². The first-order valence-electron chi connectivity index (χ1n) is 6.81. The van der Waals surface area contributed by atoms with Gasteiger partial charge in [-0.15, -0.1) is 0 Å². The topological polar surface area (TPSA) is 64.3 Å². The Morgan fingerprint density at radius 3 is 3.00 bits per heavy atom. The summed E-state index contributed by atoms with van der Waals surface area (Å²) >= 11 is 0. The molecule has 0 aliphatic carbocycles. The fraction of sp³-hybridized carbons (Fsp3) is 0.692. The second kappa shape index (κ2) is 6.16. The number of hydrogen-bond donors (Lipinski definition) is 2. The van der Waals surface area contributed by atoms with E-state index < -0.39 is 0 Å². The summed E-state index contributed by atoms with van der Waals surface area (Å²) < 4.78 is 0. The van der Waals surface area contributed by atoms with Gasteiger partial charge in [-0.25, -0.2) is 4.98 Å². The SMILES string of the molecule is CCc1nc(NCC2CN(C)CCN2C)cc(=O)[nH]1. The number of nitrogens with zero attached hydrogens (tertiary/aromatic N) is 3. The zero-order valence-electron chi connectivity index (χ0n) is 11.9. The summed E-state index contributed by atoms with van der Waals surface area (Å²) in [6.07, 6.45) is 0.733. The summed E-state index contributed by atoms with van der Waals surface area (Å²) in [5.74, 6) is 1.39. The third-order valence-corrected chi connectivity index (χ3v) is 3.62. The van der Waals surface area contributed by atoms with Crippen LogP contribution < -0.4 is 10.9 Å². The average molecular weight is 265 g/mol. The van der Waals surface area contributed by atoms with Gasteiger partial charge in [-0.2, -0.15) is 0 Å². The molecule has 1 atom stereocenters. The van der Waals surface area contributed by atoms with E-state index in [1.165, 1.54) is 6.07 Å². The lowest BCUT2D eigenvalue weighted by Gasteiger charge is -2.37. The molecule has 19 heavy (non-hydrogen) atoms. The lowest BCUT2D eigenvalue weighted by Crippen LogP contribution is -2.52. The van der Waals surface area contributed by atoms with Crippen LogP contribution in [0, 0.1) is 0 Å². The first kappa shape index (κ1) is 14.0. The fourth-order valence-corrected chi connectivity index (χ4v) is 2.31. The minimum Gasteiger partial charge on any atom is -0.368 e. The number of rotatable bonds is 4. The van der Waals surface area contributed by atoms with Gasteiger partial charge in [0.15, 0.2) is 0 Å². The van der Waals surface area contributed by atoms with E-state index in [0.29, 0.717) is 11.9 Å². The van der Waals surface area contributed by atoms with Crippen LogP contribution in [-0.2, 0) is 6.42 Å². The number of aromatic nitrogens is 2. The van der Waals surface area contributed by atoms with Crippen LogP contribution in [0.2, 0.25) is 0 Å². The molecule has 0 amide bonds. The molecule has 0 radical (unpaired) electrons. The van der Waals surface area contributed by atoms with E-state index in [-0.39, 0.29) is 5.56 Å². The predicted octanol–water partition coefficient (Wildman–Crippen LogP) is -0.01000. The number of anilines is 1. The number of piperazine rings is 1. The molecule has 0 aromatic carbocycles. The van der Waals surface area contributed by atoms with Gasteiger partial charge in [0.1, 0.15) is 11.6 Å². The Morgan fingerprint density at radius 1 is 1.47 bits per heavy atom. The lowest BCUT2D eigenvalue weighted by atomic mass is 10.2. The molecule has 0 saturated carbocycles. The van der Waals surface area contributed by atoms with Crippen LogP contribution in [0.25, 0.3) is 0 Å². The Hall–Kier alpha value is -1.40. The van der Waals surface area contributed by atoms with Crippen molar-refractivity contribution in [2.75, 3.05) is 45.6 Å². The Balaban J connectivity index is 1.98. The third kappa shape index (κ3) is 3.78. The van der Waals surface area contributed by atoms with Gasteiger partial charge >= 0.3 is 0 Å². The largest absolute Gasteiger partial charge is 0.368 e. The highest BCUT2D eigenvalue weighted by atomic mass is 16.1. The molecule has 2 rings (SSSR count). The molecule has 1 unspecified atom stereocenters. The van der Waals surface area contributed by atoms with Gasteiger partial charge in [0, 0.05) is 44.7 Å². The van der Waals surface area contributed by atoms with Crippen LogP contribution >= 0.6 is 0 Å². The zero-order chi connectivity index (χ0) is 13.8. The Morgan fingerprint density at radius 2 is 2.26 bits per heavy atom. The Kier molecular flexibility index (Phi) is 4.55. The molecule has 6 heteroatoms. The highest BCUT2D eigenvalue weighted by Crippen LogP contribution is 2.07. The van der Waals surface area contributed by atoms with Gasteiger partial charge in [-0.1, -0.05) is 6.92 Å². The molecule has 106 valence electrons. The van der Waals surface area contributed by atoms with Crippen LogP contribution in [0.5, 0.6) is 0 Å². The van der Waals surface area contributed by atoms with Crippen LogP contribution in [-0.4, -0.2) is 66.1 Å². The molecule has 1 saturated heterocycles. The first-order chi connectivity index (χ1) is 9.08. The van der Waals surface area contributed by atoms with E-state index in [1.54, 1.807) is 0 Å². The van der Waals surface area contributed by atoms with Crippen molar-refractivity contribution in [2.24, 2.45) is 0 Å². The van der Waals surface area contributed by atoms with E-state index in [2.05, 4.69) is 39.2 Å². The van der Waals surface area contributed by atoms with Gasteiger partial charge in [0.25, 0.3) is 5.56 Å². The second-order valence-electron chi connectivity index (χ2n) is 5.21. The maximum atomic E-state index is 11.5. The number of nitrogens with one attached hydrogen (secondary N) is 2. The van der Waals surface area contributed by atoms with Gasteiger partial charge in [0.05, 0.1) is 0 Å². The summed E-state index contributed by atoms with van der Waals surface area (Å²) in [4.78, 5) is 23.3. The lowest BCUT2D eigenvalue weighted by molar-refractivity contribution is 0.122. The van der Waals surface area contributed by atoms with Crippen molar-refractivity contribution < 1.29 is 0 Å². The number of H-pyrrole nitrogens is 1. The van der Waals surface area contributed by atoms with Gasteiger partial charge in [-0.3, -0.25) is 9.69 Å². The quantitative estimate of drug-likeness (QED) is 0.802. The maximum absolute atomic E-state index is 11.5. The molecule has 1 aromatic rings. The van der Waals surface area contributed by atoms with Crippen LogP contribution in [0.1, 0.15) is 12.7 Å². The van der Waals surface area contributed by atoms with Crippen molar-refractivity contribution in [3.05, 3.63) is 22.2 Å². The Labute approximate surface area is 113 Å². The van der Waals surface area contributed by atoms with Crippen LogP contribution in [0.3, 0.4) is 0 Å². The summed E-state index contributed by atoms with van der Waals surface area (Å²) in [5, 5.41) is 3.28. The molecule has 2 N–H and O–H groups in total. The molecule has 1 aliphatic heterocycles. The van der Waals surface area contributed by atoms with Crippen molar-refractivity contribution in [3.63, 3.8) is 0 Å². The Bertz CT molecular complexity index is 472. The van der Waals surface area contributed by atoms with Crippen molar-refractivity contribution in [1.82, 2.24) is 19.8 Å². The normalized spacial score (nSPS) is 21.5. The summed E-state index contributed by atoms with van der Waals surface area (Å²) in [7, 11) is 4.28. The van der Waals surface area contributed by atoms with E-state index in [0.717, 1.165) is 38.4 Å². The summed E-state index contributed by atoms with van der Waals surface area (Å²) in [6, 6.07) is 1.97. The van der Waals surface area contributed by atoms with Crippen molar-refractivity contribution in [2.45, 2.75) is 19.4 Å². The minimum absolute atomic E-state index is 0.0940. The van der Waals surface area contributed by atoms with Gasteiger partial charge in [-0.05, 0) is 14.1 Å². The first-order valence-corrected chi connectivity index (χ1v) is 6.81. The van der Waals surface area contributed by atoms with Crippen LogP contribution in [0.15, 0.2) is 10.9 Å². The molecule has 1 aliphatic rings. The predicted molar refractivity (Wildman–Crippen MR) is 76.6 cm³/mol. The van der Waals surface area contributed by atoms with E-state index in [9.17, 15) is 4.79 Å². The van der Waals surface area contributed by atoms with E-state index >= 15 is 0 Å². The highest BCUT2D eigenvalue weighted by Gasteiger charge is 2.21. The molecule has 0 bridgehead atoms. The number of likely N-dealkylation sites (N-methyl/N-ethyl adjacent to an activating group) is 2. The second-order valence-corrected chi connectivity index (χ2v) is 5.21. The van der Waals surface area contributed by atoms with E-state index in [4.69, 9.17) is 0 Å². The smallest absolute Gasteiger partial charge is 0.252 e. The molecular weight excluding hydrogens is 242 g/mol. The zero-order valence-corrected chi connectivity index (χ0v) is 11.9. The number of hydrogen-bond acceptors (Lipinski definition) is 5. The molecule has 2 heterocycles. The van der Waals surface area contributed by atoms with Crippen molar-refractivity contribution in [1.29, 1.82) is 0 Å². The minimum atomic E-state index is -0.0940.